The number of hydrogen-bond donors (Lipinski definition) is 3. The Morgan fingerprint density at radius 2 is 2.13 bits per heavy atom. The summed E-state index contributed by atoms with van der Waals surface area (Å²) in [6.07, 6.45) is 2.01. The van der Waals surface area contributed by atoms with Crippen molar-refractivity contribution in [1.82, 2.24) is 15.6 Å². The number of benzene rings is 1. The maximum atomic E-state index is 12.0. The lowest BCUT2D eigenvalue weighted by Gasteiger charge is -2.15. The summed E-state index contributed by atoms with van der Waals surface area (Å²) in [6.45, 7) is 5.99. The van der Waals surface area contributed by atoms with Crippen molar-refractivity contribution >= 4 is 38.5 Å². The summed E-state index contributed by atoms with van der Waals surface area (Å²) in [5.74, 6) is -0.453. The largest absolute Gasteiger partial charge is 0.360 e. The lowest BCUT2D eigenvalue weighted by Crippen LogP contribution is -2.46. The van der Waals surface area contributed by atoms with Crippen LogP contribution in [0, 0.1) is 0 Å². The number of nitrogens with one attached hydrogen (secondary N) is 3. The van der Waals surface area contributed by atoms with Crippen molar-refractivity contribution in [2.45, 2.75) is 19.4 Å². The van der Waals surface area contributed by atoms with E-state index in [1.54, 1.807) is 17.4 Å². The fourth-order valence-electron chi connectivity index (χ4n) is 2.07. The second-order valence-corrected chi connectivity index (χ2v) is 6.01. The van der Waals surface area contributed by atoms with Gasteiger partial charge in [-0.1, -0.05) is 29.5 Å². The summed E-state index contributed by atoms with van der Waals surface area (Å²) in [7, 11) is 0. The predicted octanol–water partition coefficient (Wildman–Crippen LogP) is 1.91. The minimum absolute atomic E-state index is 0.216. The van der Waals surface area contributed by atoms with E-state index in [0.29, 0.717) is 19.5 Å². The van der Waals surface area contributed by atoms with Crippen LogP contribution < -0.4 is 16.0 Å². The van der Waals surface area contributed by atoms with Crippen molar-refractivity contribution in [1.29, 1.82) is 0 Å². The molecule has 2 amide bonds. The molecule has 3 N–H and O–H groups in total. The Morgan fingerprint density at radius 1 is 1.35 bits per heavy atom. The van der Waals surface area contributed by atoms with Crippen LogP contribution in [0.25, 0.3) is 10.2 Å². The molecule has 2 aromatic rings. The number of carbonyl (C=O) groups excluding carboxylic acids is 2. The molecule has 122 valence electrons. The monoisotopic (exact) mass is 332 g/mol. The van der Waals surface area contributed by atoms with Gasteiger partial charge < -0.3 is 16.0 Å². The third kappa shape index (κ3) is 5.07. The van der Waals surface area contributed by atoms with Crippen LogP contribution in [0.15, 0.2) is 36.9 Å². The fraction of sp³-hybridized carbons (Fsp3) is 0.312. The maximum absolute atomic E-state index is 12.0. The molecule has 7 heteroatoms. The number of para-hydroxylation sites is 1. The van der Waals surface area contributed by atoms with E-state index in [0.717, 1.165) is 15.3 Å². The molecule has 1 aromatic heterocycles. The zero-order valence-electron chi connectivity index (χ0n) is 13.0. The molecule has 0 saturated heterocycles. The molecule has 0 spiro atoms. The van der Waals surface area contributed by atoms with Crippen molar-refractivity contribution in [3.05, 3.63) is 36.9 Å². The molecule has 6 nitrogen and oxygen atoms in total. The van der Waals surface area contributed by atoms with Gasteiger partial charge in [-0.3, -0.25) is 9.59 Å². The average molecular weight is 332 g/mol. The Kier molecular flexibility index (Phi) is 6.10. The first-order valence-electron chi connectivity index (χ1n) is 7.35. The molecule has 0 aliphatic heterocycles. The zero-order valence-corrected chi connectivity index (χ0v) is 13.8. The quantitative estimate of drug-likeness (QED) is 0.509. The van der Waals surface area contributed by atoms with Crippen molar-refractivity contribution in [2.24, 2.45) is 0 Å². The lowest BCUT2D eigenvalue weighted by molar-refractivity contribution is -0.127. The van der Waals surface area contributed by atoms with E-state index >= 15 is 0 Å². The molecule has 0 radical (unpaired) electrons. The number of aromatic nitrogens is 1. The molecule has 1 atom stereocenters. The first-order valence-corrected chi connectivity index (χ1v) is 8.17. The first-order chi connectivity index (χ1) is 11.1. The fourth-order valence-corrected chi connectivity index (χ4v) is 2.96. The number of carbonyl (C=O) groups is 2. The highest BCUT2D eigenvalue weighted by Crippen LogP contribution is 2.24. The number of hydrogen-bond acceptors (Lipinski definition) is 5. The molecule has 0 bridgehead atoms. The summed E-state index contributed by atoms with van der Waals surface area (Å²) >= 11 is 1.57. The van der Waals surface area contributed by atoms with Gasteiger partial charge in [0.2, 0.25) is 11.8 Å². The molecule has 0 fully saturated rings. The number of rotatable bonds is 8. The van der Waals surface area contributed by atoms with Crippen LogP contribution in [0.1, 0.15) is 13.3 Å². The highest BCUT2D eigenvalue weighted by molar-refractivity contribution is 7.22. The second kappa shape index (κ2) is 8.28. The molecule has 1 unspecified atom stereocenters. The van der Waals surface area contributed by atoms with E-state index in [1.165, 1.54) is 6.92 Å². The number of fused-ring (bicyclic) bond motifs is 1. The predicted molar refractivity (Wildman–Crippen MR) is 93.5 cm³/mol. The molecule has 23 heavy (non-hydrogen) atoms. The van der Waals surface area contributed by atoms with Gasteiger partial charge in [-0.05, 0) is 18.6 Å². The molecular formula is C16H20N4O2S. The molecule has 0 aliphatic rings. The highest BCUT2D eigenvalue weighted by atomic mass is 32.1. The first kappa shape index (κ1) is 17.0. The Morgan fingerprint density at radius 3 is 2.83 bits per heavy atom. The van der Waals surface area contributed by atoms with Crippen molar-refractivity contribution in [2.75, 3.05) is 18.4 Å². The Labute approximate surface area is 139 Å². The van der Waals surface area contributed by atoms with Crippen LogP contribution in [-0.4, -0.2) is 35.9 Å². The third-order valence-corrected chi connectivity index (χ3v) is 4.08. The summed E-state index contributed by atoms with van der Waals surface area (Å²) in [6, 6.07) is 7.34. The van der Waals surface area contributed by atoms with Gasteiger partial charge in [0.15, 0.2) is 5.13 Å². The van der Waals surface area contributed by atoms with E-state index in [2.05, 4.69) is 27.5 Å². The van der Waals surface area contributed by atoms with Gasteiger partial charge in [-0.2, -0.15) is 0 Å². The van der Waals surface area contributed by atoms with Crippen LogP contribution in [0.2, 0.25) is 0 Å². The van der Waals surface area contributed by atoms with E-state index in [1.807, 2.05) is 24.3 Å². The van der Waals surface area contributed by atoms with Crippen LogP contribution in [0.4, 0.5) is 5.13 Å². The molecule has 0 aliphatic carbocycles. The standard InChI is InChI=1S/C16H20N4O2S/c1-3-6-13(19-11(2)21)15(22)17-9-10-18-16-20-12-7-4-5-8-14(12)23-16/h3-5,7-8,13H,1,6,9-10H2,2H3,(H,17,22)(H,18,20)(H,19,21). The van der Waals surface area contributed by atoms with E-state index < -0.39 is 6.04 Å². The smallest absolute Gasteiger partial charge is 0.242 e. The Balaban J connectivity index is 1.78. The van der Waals surface area contributed by atoms with Gasteiger partial charge in [0.25, 0.3) is 0 Å². The van der Waals surface area contributed by atoms with Crippen molar-refractivity contribution in [3.63, 3.8) is 0 Å². The minimum Gasteiger partial charge on any atom is -0.360 e. The summed E-state index contributed by atoms with van der Waals surface area (Å²) in [5.41, 5.74) is 0.959. The van der Waals surface area contributed by atoms with Crippen LogP contribution in [-0.2, 0) is 9.59 Å². The zero-order chi connectivity index (χ0) is 16.7. The van der Waals surface area contributed by atoms with Gasteiger partial charge >= 0.3 is 0 Å². The van der Waals surface area contributed by atoms with E-state index in [4.69, 9.17) is 0 Å². The normalized spacial score (nSPS) is 11.7. The van der Waals surface area contributed by atoms with Gasteiger partial charge in [0.1, 0.15) is 6.04 Å². The molecular weight excluding hydrogens is 312 g/mol. The van der Waals surface area contributed by atoms with Gasteiger partial charge in [-0.15, -0.1) is 6.58 Å². The van der Waals surface area contributed by atoms with Crippen LogP contribution >= 0.6 is 11.3 Å². The van der Waals surface area contributed by atoms with E-state index in [-0.39, 0.29) is 11.8 Å². The summed E-state index contributed by atoms with van der Waals surface area (Å²) in [4.78, 5) is 27.6. The van der Waals surface area contributed by atoms with Gasteiger partial charge in [0.05, 0.1) is 10.2 Å². The number of amides is 2. The SMILES string of the molecule is C=CCC(NC(C)=O)C(=O)NCCNc1nc2ccccc2s1. The molecule has 1 aromatic carbocycles. The average Bonchev–Trinajstić information content (AvgIpc) is 2.93. The van der Waals surface area contributed by atoms with Crippen LogP contribution in [0.3, 0.4) is 0 Å². The molecule has 0 saturated carbocycles. The number of anilines is 1. The Hall–Kier alpha value is -2.41. The topological polar surface area (TPSA) is 83.1 Å². The minimum atomic E-state index is -0.576. The van der Waals surface area contributed by atoms with E-state index in [9.17, 15) is 9.59 Å². The third-order valence-electron chi connectivity index (χ3n) is 3.09. The lowest BCUT2D eigenvalue weighted by atomic mass is 10.2. The van der Waals surface area contributed by atoms with Crippen molar-refractivity contribution < 1.29 is 9.59 Å². The van der Waals surface area contributed by atoms with Crippen LogP contribution in [0.5, 0.6) is 0 Å². The summed E-state index contributed by atoms with van der Waals surface area (Å²) in [5, 5.41) is 9.40. The molecule has 1 heterocycles. The van der Waals surface area contributed by atoms with Crippen molar-refractivity contribution in [3.8, 4) is 0 Å². The number of thiazole rings is 1. The van der Waals surface area contributed by atoms with Gasteiger partial charge in [0, 0.05) is 20.0 Å². The van der Waals surface area contributed by atoms with Gasteiger partial charge in [-0.25, -0.2) is 4.98 Å². The summed E-state index contributed by atoms with van der Waals surface area (Å²) < 4.78 is 1.12. The Bertz CT molecular complexity index is 665. The number of nitrogens with zero attached hydrogens (tertiary/aromatic N) is 1. The highest BCUT2D eigenvalue weighted by Gasteiger charge is 2.17. The second-order valence-electron chi connectivity index (χ2n) is 4.98. The maximum Gasteiger partial charge on any atom is 0.242 e. The molecule has 2 rings (SSSR count).